The Morgan fingerprint density at radius 2 is 2.08 bits per heavy atom. The highest BCUT2D eigenvalue weighted by Crippen LogP contribution is 1.89. The molecule has 0 aliphatic carbocycles. The van der Waals surface area contributed by atoms with Crippen LogP contribution < -0.4 is 5.32 Å². The molecule has 0 rings (SSSR count). The average Bonchev–Trinajstić information content (AvgIpc) is 2.03. The van der Waals surface area contributed by atoms with Gasteiger partial charge in [-0.3, -0.25) is 0 Å². The number of carbonyl (C=O) groups is 1. The Hall–Kier alpha value is -0.770. The zero-order valence-corrected chi connectivity index (χ0v) is 8.80. The molecule has 0 aromatic carbocycles. The number of carbonyl (C=O) groups excluding carboxylic acids is 1. The zero-order valence-electron chi connectivity index (χ0n) is 8.80. The maximum absolute atomic E-state index is 10.8. The van der Waals surface area contributed by atoms with Crippen LogP contribution in [0.4, 0.5) is 4.79 Å². The Balaban J connectivity index is 3.11. The Morgan fingerprint density at radius 3 is 2.62 bits per heavy atom. The van der Waals surface area contributed by atoms with Crippen LogP contribution in [0.2, 0.25) is 0 Å². The van der Waals surface area contributed by atoms with E-state index < -0.39 is 0 Å². The molecule has 78 valence electrons. The minimum absolute atomic E-state index is 0.313. The molecule has 0 unspecified atom stereocenters. The highest BCUT2D eigenvalue weighted by molar-refractivity contribution is 5.66. The van der Waals surface area contributed by atoms with E-state index in [0.29, 0.717) is 13.2 Å². The van der Waals surface area contributed by atoms with Crippen LogP contribution in [0.25, 0.3) is 0 Å². The quantitative estimate of drug-likeness (QED) is 0.634. The molecule has 0 aliphatic rings. The largest absolute Gasteiger partial charge is 0.450 e. The minimum atomic E-state index is -0.313. The number of ether oxygens (including phenoxy) is 1. The monoisotopic (exact) mass is 188 g/mol. The van der Waals surface area contributed by atoms with Crippen LogP contribution in [-0.4, -0.2) is 44.8 Å². The van der Waals surface area contributed by atoms with Crippen LogP contribution in [0.3, 0.4) is 0 Å². The molecule has 0 bridgehead atoms. The van der Waals surface area contributed by atoms with Gasteiger partial charge < -0.3 is 15.0 Å². The summed E-state index contributed by atoms with van der Waals surface area (Å²) in [6.07, 6.45) is 1.78. The third-order valence-electron chi connectivity index (χ3n) is 1.58. The molecule has 0 aromatic heterocycles. The van der Waals surface area contributed by atoms with E-state index in [9.17, 15) is 4.79 Å². The summed E-state index contributed by atoms with van der Waals surface area (Å²) in [5.41, 5.74) is 0. The van der Waals surface area contributed by atoms with Gasteiger partial charge >= 0.3 is 6.09 Å². The Bertz CT molecular complexity index is 138. The third-order valence-corrected chi connectivity index (χ3v) is 1.58. The predicted molar refractivity (Wildman–Crippen MR) is 52.8 cm³/mol. The minimum Gasteiger partial charge on any atom is -0.450 e. The molecule has 0 aromatic rings. The molecule has 0 spiro atoms. The molecule has 1 N–H and O–H groups in total. The fraction of sp³-hybridized carbons (Fsp3) is 0.889. The lowest BCUT2D eigenvalue weighted by molar-refractivity contribution is 0.152. The first-order chi connectivity index (χ1) is 6.16. The highest BCUT2D eigenvalue weighted by atomic mass is 16.5. The molecule has 1 amide bonds. The summed E-state index contributed by atoms with van der Waals surface area (Å²) in [5.74, 6) is 0. The van der Waals surface area contributed by atoms with Crippen molar-refractivity contribution in [3.05, 3.63) is 0 Å². The van der Waals surface area contributed by atoms with Crippen molar-refractivity contribution in [2.75, 3.05) is 33.8 Å². The second kappa shape index (κ2) is 7.86. The average molecular weight is 188 g/mol. The Morgan fingerprint density at radius 1 is 1.38 bits per heavy atom. The van der Waals surface area contributed by atoms with Crippen LogP contribution in [0, 0.1) is 0 Å². The molecule has 0 saturated heterocycles. The number of alkyl carbamates (subject to hydrolysis) is 1. The first-order valence-electron chi connectivity index (χ1n) is 4.72. The van der Waals surface area contributed by atoms with Gasteiger partial charge in [-0.05, 0) is 40.4 Å². The van der Waals surface area contributed by atoms with Gasteiger partial charge in [0.2, 0.25) is 0 Å². The summed E-state index contributed by atoms with van der Waals surface area (Å²) in [6.45, 7) is 3.99. The molecule has 0 atom stereocenters. The van der Waals surface area contributed by atoms with Gasteiger partial charge in [-0.1, -0.05) is 0 Å². The fourth-order valence-electron chi connectivity index (χ4n) is 0.926. The molecule has 0 saturated carbocycles. The highest BCUT2D eigenvalue weighted by Gasteiger charge is 1.97. The topological polar surface area (TPSA) is 41.6 Å². The van der Waals surface area contributed by atoms with Crippen molar-refractivity contribution in [2.45, 2.75) is 19.8 Å². The first-order valence-corrected chi connectivity index (χ1v) is 4.72. The number of hydrogen-bond acceptors (Lipinski definition) is 3. The lowest BCUT2D eigenvalue weighted by Crippen LogP contribution is -2.25. The van der Waals surface area contributed by atoms with Crippen molar-refractivity contribution >= 4 is 6.09 Å². The van der Waals surface area contributed by atoms with Crippen LogP contribution in [0.15, 0.2) is 0 Å². The van der Waals surface area contributed by atoms with E-state index in [1.54, 1.807) is 6.92 Å². The fourth-order valence-corrected chi connectivity index (χ4v) is 0.926. The van der Waals surface area contributed by atoms with Crippen LogP contribution in [-0.2, 0) is 4.74 Å². The Kier molecular flexibility index (Phi) is 7.39. The van der Waals surface area contributed by atoms with E-state index in [-0.39, 0.29) is 6.09 Å². The summed E-state index contributed by atoms with van der Waals surface area (Å²) in [7, 11) is 4.08. The normalized spacial score (nSPS) is 10.2. The molecule has 4 nitrogen and oxygen atoms in total. The van der Waals surface area contributed by atoms with E-state index in [4.69, 9.17) is 4.74 Å². The van der Waals surface area contributed by atoms with Crippen LogP contribution in [0.5, 0.6) is 0 Å². The molecular weight excluding hydrogens is 168 g/mol. The van der Waals surface area contributed by atoms with Crippen molar-refractivity contribution in [1.29, 1.82) is 0 Å². The maximum Gasteiger partial charge on any atom is 0.407 e. The SMILES string of the molecule is CCOC(=O)NCCCCN(C)C. The number of nitrogens with one attached hydrogen (secondary N) is 1. The Labute approximate surface area is 80.2 Å². The van der Waals surface area contributed by atoms with Crippen LogP contribution in [0.1, 0.15) is 19.8 Å². The second-order valence-electron chi connectivity index (χ2n) is 3.16. The van der Waals surface area contributed by atoms with Crippen LogP contribution >= 0.6 is 0 Å². The van der Waals surface area contributed by atoms with Gasteiger partial charge in [0.05, 0.1) is 6.61 Å². The molecule has 0 aliphatic heterocycles. The van der Waals surface area contributed by atoms with E-state index in [1.165, 1.54) is 0 Å². The lowest BCUT2D eigenvalue weighted by atomic mass is 10.3. The molecule has 13 heavy (non-hydrogen) atoms. The molecular formula is C9H20N2O2. The van der Waals surface area contributed by atoms with E-state index in [2.05, 4.69) is 10.2 Å². The molecule has 0 radical (unpaired) electrons. The van der Waals surface area contributed by atoms with Crippen molar-refractivity contribution in [2.24, 2.45) is 0 Å². The number of unbranched alkanes of at least 4 members (excludes halogenated alkanes) is 1. The van der Waals surface area contributed by atoms with E-state index in [1.807, 2.05) is 14.1 Å². The number of amides is 1. The summed E-state index contributed by atoms with van der Waals surface area (Å²) in [6, 6.07) is 0. The smallest absolute Gasteiger partial charge is 0.407 e. The summed E-state index contributed by atoms with van der Waals surface area (Å²) in [5, 5.41) is 2.68. The van der Waals surface area contributed by atoms with Crippen molar-refractivity contribution in [3.63, 3.8) is 0 Å². The number of nitrogens with zero attached hydrogens (tertiary/aromatic N) is 1. The number of hydrogen-bond donors (Lipinski definition) is 1. The molecule has 4 heteroatoms. The third kappa shape index (κ3) is 9.14. The van der Waals surface area contributed by atoms with Gasteiger partial charge in [0.15, 0.2) is 0 Å². The van der Waals surface area contributed by atoms with Gasteiger partial charge in [0.1, 0.15) is 0 Å². The van der Waals surface area contributed by atoms with Gasteiger partial charge in [-0.2, -0.15) is 0 Å². The first kappa shape index (κ1) is 12.2. The second-order valence-corrected chi connectivity index (χ2v) is 3.16. The summed E-state index contributed by atoms with van der Waals surface area (Å²) < 4.78 is 4.71. The van der Waals surface area contributed by atoms with Gasteiger partial charge in [-0.25, -0.2) is 4.79 Å². The van der Waals surface area contributed by atoms with E-state index in [0.717, 1.165) is 19.4 Å². The standard InChI is InChI=1S/C9H20N2O2/c1-4-13-9(12)10-7-5-6-8-11(2)3/h4-8H2,1-3H3,(H,10,12). The predicted octanol–water partition coefficient (Wildman–Crippen LogP) is 1.07. The lowest BCUT2D eigenvalue weighted by Gasteiger charge is -2.09. The van der Waals surface area contributed by atoms with E-state index >= 15 is 0 Å². The summed E-state index contributed by atoms with van der Waals surface area (Å²) in [4.78, 5) is 12.9. The molecule has 0 fully saturated rings. The van der Waals surface area contributed by atoms with Gasteiger partial charge in [0.25, 0.3) is 0 Å². The molecule has 0 heterocycles. The van der Waals surface area contributed by atoms with Crippen molar-refractivity contribution < 1.29 is 9.53 Å². The maximum atomic E-state index is 10.8. The van der Waals surface area contributed by atoms with Gasteiger partial charge in [0, 0.05) is 6.54 Å². The van der Waals surface area contributed by atoms with Crippen molar-refractivity contribution in [1.82, 2.24) is 10.2 Å². The van der Waals surface area contributed by atoms with Crippen molar-refractivity contribution in [3.8, 4) is 0 Å². The number of rotatable bonds is 6. The van der Waals surface area contributed by atoms with Gasteiger partial charge in [-0.15, -0.1) is 0 Å². The summed E-state index contributed by atoms with van der Waals surface area (Å²) >= 11 is 0. The zero-order chi connectivity index (χ0) is 10.1.